The van der Waals surface area contributed by atoms with Crippen LogP contribution in [0, 0.1) is 0 Å². The van der Waals surface area contributed by atoms with E-state index in [1.54, 1.807) is 24.3 Å². The number of rotatable bonds is 6. The molecule has 1 amide bonds. The average Bonchev–Trinajstić information content (AvgIpc) is 3.13. The second-order valence-electron chi connectivity index (χ2n) is 5.92. The van der Waals surface area contributed by atoms with Gasteiger partial charge in [0.1, 0.15) is 4.90 Å². The summed E-state index contributed by atoms with van der Waals surface area (Å²) in [6, 6.07) is 7.87. The van der Waals surface area contributed by atoms with Gasteiger partial charge in [0.15, 0.2) is 0 Å². The van der Waals surface area contributed by atoms with Gasteiger partial charge in [0.2, 0.25) is 15.9 Å². The minimum absolute atomic E-state index is 0.0308. The van der Waals surface area contributed by atoms with Gasteiger partial charge in [0.25, 0.3) is 0 Å². The molecule has 2 heterocycles. The fourth-order valence-corrected chi connectivity index (χ4v) is 3.47. The summed E-state index contributed by atoms with van der Waals surface area (Å²) in [7, 11) is -4.28. The number of hydrogen-bond acceptors (Lipinski definition) is 5. The van der Waals surface area contributed by atoms with E-state index in [1.165, 1.54) is 6.20 Å². The SMILES string of the molecule is NS(=O)(=O)c1cc(NC(=O)Cc2ccccc2Cl)cnc1-c1cnn(C(F)F)c1. The Bertz CT molecular complexity index is 1170. The summed E-state index contributed by atoms with van der Waals surface area (Å²) in [5, 5.41) is 11.6. The van der Waals surface area contributed by atoms with E-state index < -0.39 is 27.4 Å². The highest BCUT2D eigenvalue weighted by atomic mass is 35.5. The van der Waals surface area contributed by atoms with Gasteiger partial charge in [-0.1, -0.05) is 29.8 Å². The number of amides is 1. The van der Waals surface area contributed by atoms with Crippen molar-refractivity contribution in [3.8, 4) is 11.3 Å². The van der Waals surface area contributed by atoms with Crippen molar-refractivity contribution < 1.29 is 22.0 Å². The molecule has 2 aromatic heterocycles. The predicted octanol–water partition coefficient (Wildman–Crippen LogP) is 2.82. The number of anilines is 1. The molecule has 29 heavy (non-hydrogen) atoms. The Morgan fingerprint density at radius 1 is 1.28 bits per heavy atom. The summed E-state index contributed by atoms with van der Waals surface area (Å²) in [4.78, 5) is 15.8. The summed E-state index contributed by atoms with van der Waals surface area (Å²) in [6.45, 7) is -2.90. The van der Waals surface area contributed by atoms with Crippen molar-refractivity contribution >= 4 is 33.2 Å². The van der Waals surface area contributed by atoms with Crippen LogP contribution in [0.5, 0.6) is 0 Å². The molecule has 3 aromatic rings. The molecule has 0 fully saturated rings. The van der Waals surface area contributed by atoms with Crippen LogP contribution >= 0.6 is 11.6 Å². The lowest BCUT2D eigenvalue weighted by molar-refractivity contribution is -0.115. The Morgan fingerprint density at radius 2 is 2.00 bits per heavy atom. The number of pyridine rings is 1. The van der Waals surface area contributed by atoms with Crippen LogP contribution in [0.2, 0.25) is 5.02 Å². The maximum absolute atomic E-state index is 12.7. The van der Waals surface area contributed by atoms with E-state index in [0.29, 0.717) is 15.3 Å². The maximum atomic E-state index is 12.7. The fourth-order valence-electron chi connectivity index (χ4n) is 2.53. The van der Waals surface area contributed by atoms with Gasteiger partial charge in [-0.05, 0) is 17.7 Å². The predicted molar refractivity (Wildman–Crippen MR) is 102 cm³/mol. The van der Waals surface area contributed by atoms with Crippen LogP contribution in [0.3, 0.4) is 0 Å². The van der Waals surface area contributed by atoms with Gasteiger partial charge in [-0.25, -0.2) is 18.2 Å². The van der Waals surface area contributed by atoms with Crippen LogP contribution in [0.15, 0.2) is 53.8 Å². The summed E-state index contributed by atoms with van der Waals surface area (Å²) in [5.41, 5.74) is 0.519. The Balaban J connectivity index is 1.89. The maximum Gasteiger partial charge on any atom is 0.333 e. The third kappa shape index (κ3) is 4.94. The number of hydrogen-bond donors (Lipinski definition) is 2. The fraction of sp³-hybridized carbons (Fsp3) is 0.118. The highest BCUT2D eigenvalue weighted by Crippen LogP contribution is 2.27. The molecule has 12 heteroatoms. The summed E-state index contributed by atoms with van der Waals surface area (Å²) in [5.74, 6) is -0.460. The van der Waals surface area contributed by atoms with Crippen LogP contribution in [0.25, 0.3) is 11.3 Å². The Kier molecular flexibility index (Phi) is 5.91. The van der Waals surface area contributed by atoms with Gasteiger partial charge in [-0.3, -0.25) is 9.78 Å². The monoisotopic (exact) mass is 441 g/mol. The normalized spacial score (nSPS) is 11.6. The first-order valence-corrected chi connectivity index (χ1v) is 9.96. The second-order valence-corrected chi connectivity index (χ2v) is 7.86. The summed E-state index contributed by atoms with van der Waals surface area (Å²) >= 11 is 6.02. The number of alkyl halides is 2. The number of aromatic nitrogens is 3. The van der Waals surface area contributed by atoms with Crippen LogP contribution in [-0.4, -0.2) is 29.1 Å². The van der Waals surface area contributed by atoms with E-state index in [4.69, 9.17) is 16.7 Å². The molecule has 1 aromatic carbocycles. The number of carbonyl (C=O) groups excluding carboxylic acids is 1. The molecule has 0 unspecified atom stereocenters. The van der Waals surface area contributed by atoms with Crippen LogP contribution < -0.4 is 10.5 Å². The second kappa shape index (κ2) is 8.23. The Morgan fingerprint density at radius 3 is 2.62 bits per heavy atom. The Labute approximate surface area is 169 Å². The number of benzene rings is 1. The topological polar surface area (TPSA) is 120 Å². The van der Waals surface area contributed by atoms with E-state index in [1.807, 2.05) is 0 Å². The highest BCUT2D eigenvalue weighted by molar-refractivity contribution is 7.89. The van der Waals surface area contributed by atoms with E-state index >= 15 is 0 Å². The van der Waals surface area contributed by atoms with E-state index in [0.717, 1.165) is 18.5 Å². The van der Waals surface area contributed by atoms with Crippen LogP contribution in [-0.2, 0) is 21.2 Å². The number of sulfonamides is 1. The first-order chi connectivity index (χ1) is 13.6. The van der Waals surface area contributed by atoms with Gasteiger partial charge in [0.05, 0.1) is 30.2 Å². The molecule has 8 nitrogen and oxygen atoms in total. The van der Waals surface area contributed by atoms with Gasteiger partial charge in [0, 0.05) is 16.8 Å². The zero-order valence-electron chi connectivity index (χ0n) is 14.6. The number of nitrogens with zero attached hydrogens (tertiary/aromatic N) is 3. The molecular formula is C17H14ClF2N5O3S. The Hall–Kier alpha value is -2.89. The molecule has 0 bridgehead atoms. The zero-order valence-corrected chi connectivity index (χ0v) is 16.2. The van der Waals surface area contributed by atoms with Gasteiger partial charge >= 0.3 is 6.55 Å². The van der Waals surface area contributed by atoms with E-state index in [2.05, 4.69) is 15.4 Å². The lowest BCUT2D eigenvalue weighted by Gasteiger charge is -2.10. The molecule has 0 spiro atoms. The number of carbonyl (C=O) groups is 1. The molecule has 152 valence electrons. The number of halogens is 3. The van der Waals surface area contributed by atoms with Crippen molar-refractivity contribution in [3.63, 3.8) is 0 Å². The van der Waals surface area contributed by atoms with Gasteiger partial charge in [-0.15, -0.1) is 0 Å². The molecule has 0 aliphatic rings. The number of nitrogens with two attached hydrogens (primary N) is 1. The van der Waals surface area contributed by atoms with Gasteiger partial charge in [-0.2, -0.15) is 13.9 Å². The van der Waals surface area contributed by atoms with Crippen LogP contribution in [0.1, 0.15) is 12.1 Å². The molecule has 0 aliphatic carbocycles. The van der Waals surface area contributed by atoms with Gasteiger partial charge < -0.3 is 5.32 Å². The molecule has 3 N–H and O–H groups in total. The van der Waals surface area contributed by atoms with Crippen molar-refractivity contribution in [1.82, 2.24) is 14.8 Å². The zero-order chi connectivity index (χ0) is 21.2. The molecular weight excluding hydrogens is 428 g/mol. The van der Waals surface area contributed by atoms with Crippen molar-refractivity contribution in [2.45, 2.75) is 17.9 Å². The first kappa shape index (κ1) is 20.8. The first-order valence-electron chi connectivity index (χ1n) is 8.04. The van der Waals surface area contributed by atoms with E-state index in [9.17, 15) is 22.0 Å². The average molecular weight is 442 g/mol. The minimum atomic E-state index is -4.28. The molecule has 0 saturated carbocycles. The number of primary sulfonamides is 1. The van der Waals surface area contributed by atoms with Crippen molar-refractivity contribution in [2.24, 2.45) is 5.14 Å². The lowest BCUT2D eigenvalue weighted by atomic mass is 10.1. The quantitative estimate of drug-likeness (QED) is 0.609. The molecule has 0 radical (unpaired) electrons. The third-order valence-electron chi connectivity index (χ3n) is 3.83. The largest absolute Gasteiger partial charge is 0.333 e. The standard InChI is InChI=1S/C17H14ClF2N5O3S/c18-13-4-2-1-3-10(13)5-15(26)24-12-6-14(29(21,27)28)16(22-8-12)11-7-23-25(9-11)17(19)20/h1-4,6-9,17H,5H2,(H,24,26)(H2,21,27,28). The molecule has 0 aliphatic heterocycles. The van der Waals surface area contributed by atoms with E-state index in [-0.39, 0.29) is 23.4 Å². The lowest BCUT2D eigenvalue weighted by Crippen LogP contribution is -2.17. The number of nitrogens with one attached hydrogen (secondary N) is 1. The smallest absolute Gasteiger partial charge is 0.324 e. The molecule has 3 rings (SSSR count). The van der Waals surface area contributed by atoms with Crippen LogP contribution in [0.4, 0.5) is 14.5 Å². The molecule has 0 atom stereocenters. The third-order valence-corrected chi connectivity index (χ3v) is 5.12. The highest BCUT2D eigenvalue weighted by Gasteiger charge is 2.21. The summed E-state index contributed by atoms with van der Waals surface area (Å²) < 4.78 is 49.7. The van der Waals surface area contributed by atoms with Crippen molar-refractivity contribution in [3.05, 3.63) is 59.5 Å². The summed E-state index contributed by atoms with van der Waals surface area (Å²) in [6.07, 6.45) is 3.12. The molecule has 0 saturated heterocycles. The van der Waals surface area contributed by atoms with Crippen molar-refractivity contribution in [1.29, 1.82) is 0 Å². The van der Waals surface area contributed by atoms with Crippen molar-refractivity contribution in [2.75, 3.05) is 5.32 Å². The minimum Gasteiger partial charge on any atom is -0.324 e.